The van der Waals surface area contributed by atoms with Crippen molar-refractivity contribution in [2.75, 3.05) is 13.2 Å². The Hall–Kier alpha value is -1.82. The Morgan fingerprint density at radius 2 is 1.95 bits per heavy atom. The number of carbonyl (C=O) groups excluding carboxylic acids is 1. The highest BCUT2D eigenvalue weighted by molar-refractivity contribution is 5.96. The van der Waals surface area contributed by atoms with Gasteiger partial charge in [-0.3, -0.25) is 4.79 Å². The van der Waals surface area contributed by atoms with Crippen LogP contribution in [0.15, 0.2) is 10.5 Å². The number of aliphatic carboxylic acids is 1. The monoisotopic (exact) mass is 295 g/mol. The van der Waals surface area contributed by atoms with E-state index in [4.69, 9.17) is 9.15 Å². The first-order valence-corrected chi connectivity index (χ1v) is 7.27. The molecule has 2 rings (SSSR count). The number of ether oxygens (including phenoxy) is 1. The fourth-order valence-electron chi connectivity index (χ4n) is 2.57. The standard InChI is InChI=1S/C15H21NO5/c1-3-10-9-12(21-11(10)4-2)13(17)16-15(14(18)19)5-7-20-8-6-15/h9H,3-8H2,1-2H3,(H,16,17)(H,18,19). The van der Waals surface area contributed by atoms with Gasteiger partial charge in [-0.2, -0.15) is 0 Å². The molecule has 0 saturated carbocycles. The fourth-order valence-corrected chi connectivity index (χ4v) is 2.57. The van der Waals surface area contributed by atoms with Crippen molar-refractivity contribution >= 4 is 11.9 Å². The lowest BCUT2D eigenvalue weighted by molar-refractivity contribution is -0.148. The molecule has 1 fully saturated rings. The molecule has 0 aromatic carbocycles. The van der Waals surface area contributed by atoms with E-state index in [1.165, 1.54) is 0 Å². The zero-order valence-corrected chi connectivity index (χ0v) is 12.4. The number of nitrogens with one attached hydrogen (secondary N) is 1. The highest BCUT2D eigenvalue weighted by atomic mass is 16.5. The van der Waals surface area contributed by atoms with E-state index in [1.807, 2.05) is 13.8 Å². The number of carbonyl (C=O) groups is 2. The van der Waals surface area contributed by atoms with Gasteiger partial charge in [0.05, 0.1) is 0 Å². The quantitative estimate of drug-likeness (QED) is 0.864. The van der Waals surface area contributed by atoms with Gasteiger partial charge in [0.15, 0.2) is 5.76 Å². The van der Waals surface area contributed by atoms with Crippen molar-refractivity contribution in [2.24, 2.45) is 0 Å². The summed E-state index contributed by atoms with van der Waals surface area (Å²) in [6, 6.07) is 1.70. The summed E-state index contributed by atoms with van der Waals surface area (Å²) in [4.78, 5) is 23.8. The third-order valence-corrected chi connectivity index (χ3v) is 3.93. The average molecular weight is 295 g/mol. The molecule has 2 N–H and O–H groups in total. The van der Waals surface area contributed by atoms with Gasteiger partial charge in [0, 0.05) is 32.5 Å². The van der Waals surface area contributed by atoms with Crippen molar-refractivity contribution < 1.29 is 23.8 Å². The number of rotatable bonds is 5. The molecule has 1 saturated heterocycles. The zero-order chi connectivity index (χ0) is 15.5. The highest BCUT2D eigenvalue weighted by Gasteiger charge is 2.42. The number of furan rings is 1. The molecule has 1 aliphatic rings. The van der Waals surface area contributed by atoms with Crippen molar-refractivity contribution in [1.29, 1.82) is 0 Å². The summed E-state index contributed by atoms with van der Waals surface area (Å²) in [5.41, 5.74) is -0.278. The van der Waals surface area contributed by atoms with E-state index in [0.717, 1.165) is 17.7 Å². The van der Waals surface area contributed by atoms with E-state index >= 15 is 0 Å². The van der Waals surface area contributed by atoms with Gasteiger partial charge in [-0.05, 0) is 18.1 Å². The topological polar surface area (TPSA) is 88.8 Å². The predicted octanol–water partition coefficient (Wildman–Crippen LogP) is 1.77. The van der Waals surface area contributed by atoms with Crippen LogP contribution >= 0.6 is 0 Å². The number of carboxylic acid groups (broad SMARTS) is 1. The number of hydrogen-bond acceptors (Lipinski definition) is 4. The molecule has 6 nitrogen and oxygen atoms in total. The van der Waals surface area contributed by atoms with Gasteiger partial charge < -0.3 is 19.6 Å². The molecule has 0 unspecified atom stereocenters. The van der Waals surface area contributed by atoms with Crippen LogP contribution in [0.2, 0.25) is 0 Å². The van der Waals surface area contributed by atoms with Crippen LogP contribution in [-0.2, 0) is 22.4 Å². The molecule has 2 heterocycles. The van der Waals surface area contributed by atoms with Gasteiger partial charge in [-0.15, -0.1) is 0 Å². The number of aryl methyl sites for hydroxylation is 2. The van der Waals surface area contributed by atoms with E-state index < -0.39 is 17.4 Å². The van der Waals surface area contributed by atoms with E-state index in [0.29, 0.717) is 19.6 Å². The Labute approximate surface area is 123 Å². The summed E-state index contributed by atoms with van der Waals surface area (Å²) in [6.07, 6.45) is 2.00. The van der Waals surface area contributed by atoms with Crippen molar-refractivity contribution in [3.05, 3.63) is 23.2 Å². The molecule has 21 heavy (non-hydrogen) atoms. The minimum Gasteiger partial charge on any atom is -0.480 e. The number of hydrogen-bond donors (Lipinski definition) is 2. The summed E-state index contributed by atoms with van der Waals surface area (Å²) in [5, 5.41) is 12.1. The zero-order valence-electron chi connectivity index (χ0n) is 12.4. The third kappa shape index (κ3) is 3.10. The smallest absolute Gasteiger partial charge is 0.329 e. The van der Waals surface area contributed by atoms with Gasteiger partial charge in [0.2, 0.25) is 0 Å². The number of carboxylic acids is 1. The van der Waals surface area contributed by atoms with E-state index in [9.17, 15) is 14.7 Å². The molecule has 0 radical (unpaired) electrons. The Bertz CT molecular complexity index is 507. The number of amides is 1. The average Bonchev–Trinajstić information content (AvgIpc) is 2.91. The first kappa shape index (κ1) is 15.6. The van der Waals surface area contributed by atoms with Crippen LogP contribution in [0.25, 0.3) is 0 Å². The van der Waals surface area contributed by atoms with Crippen molar-refractivity contribution in [3.8, 4) is 0 Å². The van der Waals surface area contributed by atoms with Crippen LogP contribution < -0.4 is 5.32 Å². The minimum atomic E-state index is -1.26. The first-order valence-electron chi connectivity index (χ1n) is 7.27. The maximum Gasteiger partial charge on any atom is 0.329 e. The second-order valence-corrected chi connectivity index (χ2v) is 5.22. The summed E-state index contributed by atoms with van der Waals surface area (Å²) in [7, 11) is 0. The van der Waals surface area contributed by atoms with Crippen LogP contribution in [0.4, 0.5) is 0 Å². The maximum absolute atomic E-state index is 12.3. The minimum absolute atomic E-state index is 0.177. The lowest BCUT2D eigenvalue weighted by Crippen LogP contribution is -2.57. The molecule has 0 spiro atoms. The lowest BCUT2D eigenvalue weighted by Gasteiger charge is -2.33. The Morgan fingerprint density at radius 1 is 1.29 bits per heavy atom. The van der Waals surface area contributed by atoms with Gasteiger partial charge in [-0.25, -0.2) is 4.79 Å². The Kier molecular flexibility index (Phi) is 4.67. The summed E-state index contributed by atoms with van der Waals surface area (Å²) < 4.78 is 10.7. The van der Waals surface area contributed by atoms with Gasteiger partial charge in [-0.1, -0.05) is 13.8 Å². The molecule has 0 bridgehead atoms. The normalized spacial score (nSPS) is 17.4. The van der Waals surface area contributed by atoms with Crippen LogP contribution in [0.3, 0.4) is 0 Å². The van der Waals surface area contributed by atoms with Crippen LogP contribution in [0.1, 0.15) is 48.6 Å². The highest BCUT2D eigenvalue weighted by Crippen LogP contribution is 2.23. The summed E-state index contributed by atoms with van der Waals surface area (Å²) >= 11 is 0. The molecule has 1 aliphatic heterocycles. The molecule has 1 amide bonds. The second-order valence-electron chi connectivity index (χ2n) is 5.22. The lowest BCUT2D eigenvalue weighted by atomic mass is 9.90. The maximum atomic E-state index is 12.3. The first-order chi connectivity index (χ1) is 10.0. The van der Waals surface area contributed by atoms with E-state index in [1.54, 1.807) is 6.07 Å². The fraction of sp³-hybridized carbons (Fsp3) is 0.600. The van der Waals surface area contributed by atoms with Crippen LogP contribution in [-0.4, -0.2) is 35.7 Å². The van der Waals surface area contributed by atoms with Gasteiger partial charge in [0.25, 0.3) is 5.91 Å². The summed E-state index contributed by atoms with van der Waals surface area (Å²) in [6.45, 7) is 4.59. The van der Waals surface area contributed by atoms with Gasteiger partial charge in [0.1, 0.15) is 11.3 Å². The van der Waals surface area contributed by atoms with Crippen molar-refractivity contribution in [3.63, 3.8) is 0 Å². The Morgan fingerprint density at radius 3 is 2.43 bits per heavy atom. The van der Waals surface area contributed by atoms with E-state index in [-0.39, 0.29) is 18.6 Å². The van der Waals surface area contributed by atoms with E-state index in [2.05, 4.69) is 5.32 Å². The van der Waals surface area contributed by atoms with Crippen molar-refractivity contribution in [2.45, 2.75) is 45.1 Å². The van der Waals surface area contributed by atoms with Crippen LogP contribution in [0, 0.1) is 0 Å². The largest absolute Gasteiger partial charge is 0.480 e. The molecular weight excluding hydrogens is 274 g/mol. The third-order valence-electron chi connectivity index (χ3n) is 3.93. The molecule has 0 atom stereocenters. The molecular formula is C15H21NO5. The summed E-state index contributed by atoms with van der Waals surface area (Å²) in [5.74, 6) is -0.555. The molecule has 116 valence electrons. The van der Waals surface area contributed by atoms with Gasteiger partial charge >= 0.3 is 5.97 Å². The molecule has 1 aromatic heterocycles. The molecule has 6 heteroatoms. The molecule has 1 aromatic rings. The van der Waals surface area contributed by atoms with Crippen molar-refractivity contribution in [1.82, 2.24) is 5.32 Å². The van der Waals surface area contributed by atoms with Crippen LogP contribution in [0.5, 0.6) is 0 Å². The Balaban J connectivity index is 2.19. The predicted molar refractivity (Wildman–Crippen MR) is 75.4 cm³/mol. The molecule has 0 aliphatic carbocycles. The second kappa shape index (κ2) is 6.30. The SMILES string of the molecule is CCc1cc(C(=O)NC2(C(=O)O)CCOCC2)oc1CC.